The molecule has 12 aromatic rings. The average molecular weight is 845 g/mol. The van der Waals surface area contributed by atoms with Crippen LogP contribution >= 0.6 is 11.3 Å². The third kappa shape index (κ3) is 5.76. The SMILES string of the molecule is c1ccc(-c2ccccc2N(c2ccc(-c3nc4ccccc4c4c3ccc3c5ccccc5sc34)cc2)c2ccc3c(c2)C(c2ccccc2)(c2ccccc2)c2ccccc2-3)cc1. The molecule has 1 aliphatic carbocycles. The number of anilines is 3. The smallest absolute Gasteiger partial charge is 0.0788 e. The summed E-state index contributed by atoms with van der Waals surface area (Å²) >= 11 is 1.88. The van der Waals surface area contributed by atoms with Crippen molar-refractivity contribution in [3.8, 4) is 33.5 Å². The van der Waals surface area contributed by atoms with Gasteiger partial charge in [0, 0.05) is 58.8 Å². The molecule has 2 aromatic heterocycles. The Hall–Kier alpha value is -8.11. The van der Waals surface area contributed by atoms with Crippen LogP contribution in [-0.4, -0.2) is 4.98 Å². The zero-order chi connectivity index (χ0) is 42.9. The normalized spacial score (nSPS) is 12.7. The Kier molecular flexibility index (Phi) is 8.65. The molecule has 0 fully saturated rings. The maximum Gasteiger partial charge on any atom is 0.0788 e. The van der Waals surface area contributed by atoms with Crippen molar-refractivity contribution in [2.45, 2.75) is 5.41 Å². The molecule has 10 aromatic carbocycles. The second-order valence-electron chi connectivity index (χ2n) is 17.0. The number of pyridine rings is 1. The summed E-state index contributed by atoms with van der Waals surface area (Å²) in [6.07, 6.45) is 0. The summed E-state index contributed by atoms with van der Waals surface area (Å²) in [6.45, 7) is 0. The van der Waals surface area contributed by atoms with Crippen molar-refractivity contribution in [2.75, 3.05) is 4.90 Å². The Balaban J connectivity index is 1.03. The van der Waals surface area contributed by atoms with Gasteiger partial charge in [0.15, 0.2) is 0 Å². The third-order valence-corrected chi connectivity index (χ3v) is 14.7. The maximum absolute atomic E-state index is 5.40. The minimum Gasteiger partial charge on any atom is -0.310 e. The highest BCUT2D eigenvalue weighted by atomic mass is 32.1. The number of hydrogen-bond donors (Lipinski definition) is 0. The summed E-state index contributed by atoms with van der Waals surface area (Å²) in [4.78, 5) is 7.85. The van der Waals surface area contributed by atoms with E-state index >= 15 is 0 Å². The molecular weight excluding hydrogens is 805 g/mol. The maximum atomic E-state index is 5.40. The fourth-order valence-electron chi connectivity index (χ4n) is 10.7. The lowest BCUT2D eigenvalue weighted by molar-refractivity contribution is 0.768. The molecule has 3 heteroatoms. The van der Waals surface area contributed by atoms with Gasteiger partial charge >= 0.3 is 0 Å². The molecule has 0 radical (unpaired) electrons. The van der Waals surface area contributed by atoms with Gasteiger partial charge in [-0.05, 0) is 81.4 Å². The summed E-state index contributed by atoms with van der Waals surface area (Å²) in [6, 6.07) is 88.8. The number of hydrogen-bond acceptors (Lipinski definition) is 3. The van der Waals surface area contributed by atoms with Crippen LogP contribution in [0.5, 0.6) is 0 Å². The van der Waals surface area contributed by atoms with Crippen LogP contribution in [0.1, 0.15) is 22.3 Å². The first-order valence-electron chi connectivity index (χ1n) is 22.3. The molecule has 304 valence electrons. The Morgan fingerprint density at radius 2 is 0.969 bits per heavy atom. The highest BCUT2D eigenvalue weighted by Gasteiger charge is 2.46. The zero-order valence-corrected chi connectivity index (χ0v) is 36.2. The molecule has 0 saturated carbocycles. The summed E-state index contributed by atoms with van der Waals surface area (Å²) in [5.74, 6) is 0. The number of para-hydroxylation sites is 2. The van der Waals surface area contributed by atoms with E-state index in [0.717, 1.165) is 44.8 Å². The molecular formula is C62H40N2S. The molecule has 0 bridgehead atoms. The van der Waals surface area contributed by atoms with Crippen LogP contribution in [0.3, 0.4) is 0 Å². The van der Waals surface area contributed by atoms with Gasteiger partial charge in [-0.2, -0.15) is 0 Å². The lowest BCUT2D eigenvalue weighted by atomic mass is 9.67. The Morgan fingerprint density at radius 3 is 1.74 bits per heavy atom. The predicted molar refractivity (Wildman–Crippen MR) is 275 cm³/mol. The number of benzene rings is 10. The molecule has 2 heterocycles. The number of rotatable bonds is 7. The molecule has 0 unspecified atom stereocenters. The van der Waals surface area contributed by atoms with Gasteiger partial charge in [-0.25, -0.2) is 4.98 Å². The average Bonchev–Trinajstić information content (AvgIpc) is 3.91. The van der Waals surface area contributed by atoms with Gasteiger partial charge < -0.3 is 4.90 Å². The molecule has 65 heavy (non-hydrogen) atoms. The van der Waals surface area contributed by atoms with E-state index in [-0.39, 0.29) is 0 Å². The molecule has 13 rings (SSSR count). The number of aromatic nitrogens is 1. The van der Waals surface area contributed by atoms with Crippen molar-refractivity contribution < 1.29 is 0 Å². The fourth-order valence-corrected chi connectivity index (χ4v) is 12.0. The lowest BCUT2D eigenvalue weighted by Gasteiger charge is -2.35. The molecule has 0 amide bonds. The number of fused-ring (bicyclic) bond motifs is 10. The predicted octanol–water partition coefficient (Wildman–Crippen LogP) is 16.9. The Labute approximate surface area is 382 Å². The van der Waals surface area contributed by atoms with E-state index in [1.807, 2.05) is 11.3 Å². The van der Waals surface area contributed by atoms with E-state index in [1.165, 1.54) is 69.9 Å². The highest BCUT2D eigenvalue weighted by Crippen LogP contribution is 2.57. The van der Waals surface area contributed by atoms with Gasteiger partial charge in [-0.15, -0.1) is 11.3 Å². The lowest BCUT2D eigenvalue weighted by Crippen LogP contribution is -2.28. The quantitative estimate of drug-likeness (QED) is 0.149. The van der Waals surface area contributed by atoms with Gasteiger partial charge in [0.25, 0.3) is 0 Å². The summed E-state index contributed by atoms with van der Waals surface area (Å²) in [5, 5.41) is 6.22. The van der Waals surface area contributed by atoms with E-state index in [2.05, 4.69) is 248 Å². The Morgan fingerprint density at radius 1 is 0.385 bits per heavy atom. The first-order valence-corrected chi connectivity index (χ1v) is 23.1. The Bertz CT molecular complexity index is 3720. The van der Waals surface area contributed by atoms with Gasteiger partial charge in [0.05, 0.1) is 22.3 Å². The number of thiophene rings is 1. The zero-order valence-electron chi connectivity index (χ0n) is 35.4. The summed E-state index contributed by atoms with van der Waals surface area (Å²) in [7, 11) is 0. The summed E-state index contributed by atoms with van der Waals surface area (Å²) < 4.78 is 2.61. The minimum atomic E-state index is -0.526. The number of nitrogens with zero attached hydrogens (tertiary/aromatic N) is 2. The standard InChI is InChI=1S/C62H40N2S/c1-4-18-41(19-5-1)47-24-12-16-30-57(47)64(46-36-37-49-48-25-10-14-28-54(48)62(55(49)40-46,43-20-6-2-7-21-43)44-22-8-3-9-23-44)45-34-32-42(33-35-45)60-53-39-38-51-50-26-13-17-31-58(50)65-61(51)59(53)52-27-11-15-29-56(52)63-60/h1-40H. The van der Waals surface area contributed by atoms with Crippen LogP contribution < -0.4 is 4.90 Å². The van der Waals surface area contributed by atoms with Crippen molar-refractivity contribution >= 4 is 70.2 Å². The molecule has 1 aliphatic rings. The van der Waals surface area contributed by atoms with E-state index in [4.69, 9.17) is 4.98 Å². The van der Waals surface area contributed by atoms with Crippen molar-refractivity contribution in [1.82, 2.24) is 4.98 Å². The molecule has 0 N–H and O–H groups in total. The van der Waals surface area contributed by atoms with Crippen LogP contribution in [-0.2, 0) is 5.41 Å². The second-order valence-corrected chi connectivity index (χ2v) is 18.0. The van der Waals surface area contributed by atoms with E-state index < -0.39 is 5.41 Å². The van der Waals surface area contributed by atoms with Crippen LogP contribution in [0.2, 0.25) is 0 Å². The molecule has 0 atom stereocenters. The van der Waals surface area contributed by atoms with Crippen LogP contribution in [0.15, 0.2) is 243 Å². The van der Waals surface area contributed by atoms with E-state index in [9.17, 15) is 0 Å². The molecule has 0 spiro atoms. The first-order chi connectivity index (χ1) is 32.3. The molecule has 0 saturated heterocycles. The van der Waals surface area contributed by atoms with Gasteiger partial charge in [0.2, 0.25) is 0 Å². The van der Waals surface area contributed by atoms with E-state index in [0.29, 0.717) is 0 Å². The minimum absolute atomic E-state index is 0.526. The van der Waals surface area contributed by atoms with E-state index in [1.54, 1.807) is 0 Å². The molecule has 2 nitrogen and oxygen atoms in total. The van der Waals surface area contributed by atoms with Crippen molar-refractivity contribution in [3.05, 3.63) is 265 Å². The fraction of sp³-hybridized carbons (Fsp3) is 0.0161. The highest BCUT2D eigenvalue weighted by molar-refractivity contribution is 7.26. The largest absolute Gasteiger partial charge is 0.310 e. The van der Waals surface area contributed by atoms with Gasteiger partial charge in [0.1, 0.15) is 0 Å². The second kappa shape index (κ2) is 15.0. The summed E-state index contributed by atoms with van der Waals surface area (Å²) in [5.41, 5.74) is 15.7. The first kappa shape index (κ1) is 37.4. The van der Waals surface area contributed by atoms with Crippen LogP contribution in [0.4, 0.5) is 17.1 Å². The van der Waals surface area contributed by atoms with Crippen LogP contribution in [0, 0.1) is 0 Å². The van der Waals surface area contributed by atoms with Gasteiger partial charge in [-0.1, -0.05) is 200 Å². The van der Waals surface area contributed by atoms with Crippen molar-refractivity contribution in [2.24, 2.45) is 0 Å². The van der Waals surface area contributed by atoms with Crippen molar-refractivity contribution in [1.29, 1.82) is 0 Å². The van der Waals surface area contributed by atoms with Gasteiger partial charge in [-0.3, -0.25) is 0 Å². The van der Waals surface area contributed by atoms with Crippen LogP contribution in [0.25, 0.3) is 75.4 Å². The molecule has 0 aliphatic heterocycles. The van der Waals surface area contributed by atoms with Crippen molar-refractivity contribution in [3.63, 3.8) is 0 Å². The third-order valence-electron chi connectivity index (χ3n) is 13.5. The topological polar surface area (TPSA) is 16.1 Å². The monoisotopic (exact) mass is 844 g/mol.